The van der Waals surface area contributed by atoms with E-state index < -0.39 is 5.60 Å². The molecule has 0 bridgehead atoms. The van der Waals surface area contributed by atoms with Crippen molar-refractivity contribution in [3.8, 4) is 0 Å². The van der Waals surface area contributed by atoms with Gasteiger partial charge in [-0.05, 0) is 94.8 Å². The molecule has 3 rings (SSSR count). The molecule has 31 heavy (non-hydrogen) atoms. The monoisotopic (exact) mass is 430 g/mol. The Kier molecular flexibility index (Phi) is 8.27. The van der Waals surface area contributed by atoms with Crippen molar-refractivity contribution in [2.75, 3.05) is 6.61 Å². The van der Waals surface area contributed by atoms with Crippen molar-refractivity contribution in [2.24, 2.45) is 23.2 Å². The third-order valence-electron chi connectivity index (χ3n) is 8.54. The number of rotatable bonds is 7. The largest absolute Gasteiger partial charge is 0.392 e. The van der Waals surface area contributed by atoms with E-state index in [2.05, 4.69) is 26.0 Å². The molecule has 0 radical (unpaired) electrons. The molecule has 3 saturated carbocycles. The van der Waals surface area contributed by atoms with Crippen molar-refractivity contribution in [1.82, 2.24) is 0 Å². The van der Waals surface area contributed by atoms with E-state index in [0.29, 0.717) is 17.8 Å². The van der Waals surface area contributed by atoms with Crippen LogP contribution in [0.4, 0.5) is 0 Å². The van der Waals surface area contributed by atoms with Crippen LogP contribution >= 0.6 is 0 Å². The van der Waals surface area contributed by atoms with Crippen LogP contribution in [0.2, 0.25) is 0 Å². The fourth-order valence-corrected chi connectivity index (χ4v) is 7.02. The van der Waals surface area contributed by atoms with Crippen molar-refractivity contribution >= 4 is 0 Å². The average Bonchev–Trinajstić information content (AvgIpc) is 3.02. The number of aliphatic hydroxyl groups excluding tert-OH is 2. The Morgan fingerprint density at radius 2 is 1.90 bits per heavy atom. The van der Waals surface area contributed by atoms with E-state index in [0.717, 1.165) is 37.5 Å². The summed E-state index contributed by atoms with van der Waals surface area (Å²) in [5, 5.41) is 29.5. The minimum atomic E-state index is -0.547. The molecule has 5 atom stereocenters. The van der Waals surface area contributed by atoms with Gasteiger partial charge in [0.15, 0.2) is 0 Å². The maximum atomic E-state index is 10.2. The molecule has 3 N–H and O–H groups in total. The molecule has 3 aliphatic rings. The molecule has 0 heterocycles. The molecular weight excluding hydrogens is 384 g/mol. The highest BCUT2D eigenvalue weighted by Crippen LogP contribution is 2.60. The number of hydrogen-bond donors (Lipinski definition) is 3. The van der Waals surface area contributed by atoms with Crippen LogP contribution in [0.5, 0.6) is 0 Å². The molecule has 3 fully saturated rings. The van der Waals surface area contributed by atoms with E-state index in [1.807, 2.05) is 19.9 Å². The van der Waals surface area contributed by atoms with Gasteiger partial charge < -0.3 is 15.3 Å². The maximum absolute atomic E-state index is 10.2. The lowest BCUT2D eigenvalue weighted by Gasteiger charge is -2.44. The maximum Gasteiger partial charge on any atom is 0.0615 e. The molecular formula is C28H46O3. The van der Waals surface area contributed by atoms with Gasteiger partial charge in [-0.1, -0.05) is 61.6 Å². The van der Waals surface area contributed by atoms with E-state index in [-0.39, 0.29) is 12.7 Å². The van der Waals surface area contributed by atoms with Crippen molar-refractivity contribution in [3.05, 3.63) is 34.9 Å². The van der Waals surface area contributed by atoms with Gasteiger partial charge in [0, 0.05) is 0 Å². The Hall–Kier alpha value is -0.900. The van der Waals surface area contributed by atoms with Crippen molar-refractivity contribution < 1.29 is 15.3 Å². The summed E-state index contributed by atoms with van der Waals surface area (Å²) in [6.07, 6.45) is 18.3. The Labute approximate surface area is 190 Å². The van der Waals surface area contributed by atoms with Gasteiger partial charge in [-0.25, -0.2) is 0 Å². The molecule has 3 aliphatic carbocycles. The summed E-state index contributed by atoms with van der Waals surface area (Å²) in [5.74, 6) is 2.20. The lowest BCUT2D eigenvalue weighted by atomic mass is 9.60. The molecule has 0 aromatic carbocycles. The van der Waals surface area contributed by atoms with Crippen molar-refractivity contribution in [3.63, 3.8) is 0 Å². The van der Waals surface area contributed by atoms with Crippen molar-refractivity contribution in [1.29, 1.82) is 0 Å². The predicted molar refractivity (Wildman–Crippen MR) is 129 cm³/mol. The third kappa shape index (κ3) is 6.33. The van der Waals surface area contributed by atoms with Crippen LogP contribution in [0.15, 0.2) is 34.9 Å². The molecule has 0 unspecified atom stereocenters. The first-order chi connectivity index (χ1) is 14.6. The standard InChI is InChI=1S/C28H46O3/c1-20(7-5-14-27(2,3)31)25-11-12-26-23(8-6-15-28(25,26)4)10-9-21-17-22(13-16-29)19-24(30)18-21/h9-10,13,20,24-26,29-31H,5-8,11-12,14-19H2,1-4H3/b21-9+,22-13+,23-10+/t20-,24-,25-,26+,28-/m1/s1. The van der Waals surface area contributed by atoms with E-state index in [9.17, 15) is 15.3 Å². The first-order valence-corrected chi connectivity index (χ1v) is 12.7. The summed E-state index contributed by atoms with van der Waals surface area (Å²) in [5.41, 5.74) is 3.95. The summed E-state index contributed by atoms with van der Waals surface area (Å²) < 4.78 is 0. The molecule has 0 aromatic rings. The van der Waals surface area contributed by atoms with Crippen LogP contribution in [-0.4, -0.2) is 33.6 Å². The SMILES string of the molecule is C[C@H](CCCC(C)(C)O)[C@H]1CC[C@H]2/C(=C/C=C3\C/C(=C\CO)C[C@H](O)C3)CCC[C@]12C. The van der Waals surface area contributed by atoms with E-state index >= 15 is 0 Å². The number of fused-ring (bicyclic) bond motifs is 1. The van der Waals surface area contributed by atoms with Gasteiger partial charge in [0.1, 0.15) is 0 Å². The molecule has 0 saturated heterocycles. The molecule has 3 heteroatoms. The van der Waals surface area contributed by atoms with Crippen LogP contribution in [0.1, 0.15) is 98.3 Å². The summed E-state index contributed by atoms with van der Waals surface area (Å²) in [6.45, 7) is 8.90. The Balaban J connectivity index is 1.68. The smallest absolute Gasteiger partial charge is 0.0615 e. The van der Waals surface area contributed by atoms with E-state index in [1.165, 1.54) is 49.7 Å². The second-order valence-electron chi connectivity index (χ2n) is 11.6. The second-order valence-corrected chi connectivity index (χ2v) is 11.6. The van der Waals surface area contributed by atoms with Crippen LogP contribution in [0, 0.1) is 23.2 Å². The highest BCUT2D eigenvalue weighted by atomic mass is 16.3. The Bertz CT molecular complexity index is 696. The fourth-order valence-electron chi connectivity index (χ4n) is 7.02. The van der Waals surface area contributed by atoms with Gasteiger partial charge >= 0.3 is 0 Å². The highest BCUT2D eigenvalue weighted by molar-refractivity contribution is 5.29. The lowest BCUT2D eigenvalue weighted by Crippen LogP contribution is -2.36. The molecule has 3 nitrogen and oxygen atoms in total. The molecule has 0 amide bonds. The van der Waals surface area contributed by atoms with Crippen LogP contribution in [-0.2, 0) is 0 Å². The van der Waals surface area contributed by atoms with E-state index in [4.69, 9.17) is 0 Å². The molecule has 0 spiro atoms. The first kappa shape index (κ1) is 24.7. The predicted octanol–water partition coefficient (Wildman–Crippen LogP) is 6.10. The van der Waals surface area contributed by atoms with Crippen molar-refractivity contribution in [2.45, 2.75) is 110 Å². The molecule has 176 valence electrons. The summed E-state index contributed by atoms with van der Waals surface area (Å²) in [6, 6.07) is 0. The van der Waals surface area contributed by atoms with E-state index in [1.54, 1.807) is 5.57 Å². The van der Waals surface area contributed by atoms with Crippen LogP contribution in [0.25, 0.3) is 0 Å². The zero-order valence-corrected chi connectivity index (χ0v) is 20.4. The minimum absolute atomic E-state index is 0.0617. The van der Waals surface area contributed by atoms with Gasteiger partial charge in [-0.3, -0.25) is 0 Å². The highest BCUT2D eigenvalue weighted by Gasteiger charge is 2.50. The van der Waals surface area contributed by atoms with Crippen LogP contribution < -0.4 is 0 Å². The Morgan fingerprint density at radius 1 is 1.16 bits per heavy atom. The second kappa shape index (κ2) is 10.4. The summed E-state index contributed by atoms with van der Waals surface area (Å²) in [7, 11) is 0. The Morgan fingerprint density at radius 3 is 2.61 bits per heavy atom. The minimum Gasteiger partial charge on any atom is -0.392 e. The first-order valence-electron chi connectivity index (χ1n) is 12.7. The zero-order chi connectivity index (χ0) is 22.6. The van der Waals surface area contributed by atoms with Crippen LogP contribution in [0.3, 0.4) is 0 Å². The topological polar surface area (TPSA) is 60.7 Å². The summed E-state index contributed by atoms with van der Waals surface area (Å²) >= 11 is 0. The number of hydrogen-bond acceptors (Lipinski definition) is 3. The number of aliphatic hydroxyl groups is 3. The third-order valence-corrected chi connectivity index (χ3v) is 8.54. The molecule has 0 aliphatic heterocycles. The lowest BCUT2D eigenvalue weighted by molar-refractivity contribution is 0.0596. The van der Waals surface area contributed by atoms with Gasteiger partial charge in [-0.2, -0.15) is 0 Å². The number of allylic oxidation sites excluding steroid dienone is 3. The van der Waals surface area contributed by atoms with Gasteiger partial charge in [-0.15, -0.1) is 0 Å². The quantitative estimate of drug-likeness (QED) is 0.428. The zero-order valence-electron chi connectivity index (χ0n) is 20.4. The average molecular weight is 431 g/mol. The van der Waals surface area contributed by atoms with Gasteiger partial charge in [0.05, 0.1) is 18.3 Å². The summed E-state index contributed by atoms with van der Waals surface area (Å²) in [4.78, 5) is 0. The van der Waals surface area contributed by atoms with Gasteiger partial charge in [0.2, 0.25) is 0 Å². The van der Waals surface area contributed by atoms with Gasteiger partial charge in [0.25, 0.3) is 0 Å². The fraction of sp³-hybridized carbons (Fsp3) is 0.786. The molecule has 0 aromatic heterocycles. The normalized spacial score (nSPS) is 36.9.